The van der Waals surface area contributed by atoms with Crippen molar-refractivity contribution >= 4 is 39.5 Å². The molecule has 0 spiro atoms. The van der Waals surface area contributed by atoms with Gasteiger partial charge in [-0.3, -0.25) is 37.3 Å². The summed E-state index contributed by atoms with van der Waals surface area (Å²) in [7, 11) is -9.84. The average molecular weight is 1060 g/mol. The molecule has 0 saturated carbocycles. The van der Waals surface area contributed by atoms with E-state index in [4.69, 9.17) is 37.0 Å². The van der Waals surface area contributed by atoms with Crippen molar-refractivity contribution in [3.63, 3.8) is 0 Å². The Morgan fingerprint density at radius 3 is 0.958 bits per heavy atom. The molecular weight excluding hydrogens is 959 g/mol. The lowest BCUT2D eigenvalue weighted by Gasteiger charge is -2.21. The summed E-state index contributed by atoms with van der Waals surface area (Å²) in [6.45, 7) is 9.11. The Balaban J connectivity index is 5.16. The van der Waals surface area contributed by atoms with Crippen LogP contribution in [0, 0.1) is 11.8 Å². The van der Waals surface area contributed by atoms with Crippen molar-refractivity contribution in [2.24, 2.45) is 11.8 Å². The monoisotopic (exact) mass is 1060 g/mol. The Labute approximate surface area is 428 Å². The molecule has 0 aliphatic heterocycles. The SMILES string of the molecule is CCCCCCCC(=O)OC[C@H](COP(=O)(O)OC[C@H](O)COP(=O)(O)OC[C@@H](COC(=O)CCCCCCCCCC(C)C)OC(=O)CCCCCCCCCCC(C)C)OC(=O)CCCCCCC. The number of carbonyl (C=O) groups is 4. The first kappa shape index (κ1) is 69.1. The third-order valence-corrected chi connectivity index (χ3v) is 13.6. The first-order chi connectivity index (χ1) is 33.9. The summed E-state index contributed by atoms with van der Waals surface area (Å²) >= 11 is 0. The van der Waals surface area contributed by atoms with Gasteiger partial charge in [-0.25, -0.2) is 9.13 Å². The normalized spacial score (nSPS) is 14.7. The predicted octanol–water partition coefficient (Wildman–Crippen LogP) is 13.0. The topological polar surface area (TPSA) is 237 Å². The summed E-state index contributed by atoms with van der Waals surface area (Å²) in [5, 5.41) is 10.4. The van der Waals surface area contributed by atoms with Crippen LogP contribution in [0.1, 0.15) is 241 Å². The highest BCUT2D eigenvalue weighted by atomic mass is 31.2. The van der Waals surface area contributed by atoms with Gasteiger partial charge >= 0.3 is 39.5 Å². The number of phosphoric ester groups is 2. The minimum Gasteiger partial charge on any atom is -0.462 e. The van der Waals surface area contributed by atoms with Gasteiger partial charge in [-0.2, -0.15) is 0 Å². The lowest BCUT2D eigenvalue weighted by Crippen LogP contribution is -2.30. The summed E-state index contributed by atoms with van der Waals surface area (Å²) < 4.78 is 67.0. The van der Waals surface area contributed by atoms with Crippen LogP contribution in [0.25, 0.3) is 0 Å². The van der Waals surface area contributed by atoms with Crippen molar-refractivity contribution in [2.45, 2.75) is 259 Å². The van der Waals surface area contributed by atoms with Gasteiger partial charge in [0.05, 0.1) is 26.4 Å². The maximum absolute atomic E-state index is 12.8. The van der Waals surface area contributed by atoms with Crippen LogP contribution >= 0.6 is 15.6 Å². The predicted molar refractivity (Wildman–Crippen MR) is 275 cm³/mol. The molecule has 420 valence electrons. The van der Waals surface area contributed by atoms with Crippen LogP contribution in [0.15, 0.2) is 0 Å². The molecule has 0 heterocycles. The lowest BCUT2D eigenvalue weighted by molar-refractivity contribution is -0.161. The number of phosphoric acid groups is 2. The lowest BCUT2D eigenvalue weighted by atomic mass is 10.0. The minimum atomic E-state index is -4.93. The zero-order valence-electron chi connectivity index (χ0n) is 45.0. The van der Waals surface area contributed by atoms with Crippen molar-refractivity contribution in [3.8, 4) is 0 Å². The molecule has 0 radical (unpaired) electrons. The van der Waals surface area contributed by atoms with E-state index in [1.807, 2.05) is 0 Å². The fourth-order valence-electron chi connectivity index (χ4n) is 7.41. The highest BCUT2D eigenvalue weighted by Gasteiger charge is 2.30. The molecule has 0 bridgehead atoms. The summed E-state index contributed by atoms with van der Waals surface area (Å²) in [6, 6.07) is 0. The molecule has 0 aliphatic carbocycles. The van der Waals surface area contributed by atoms with E-state index in [9.17, 15) is 43.2 Å². The van der Waals surface area contributed by atoms with Crippen molar-refractivity contribution in [1.29, 1.82) is 0 Å². The van der Waals surface area contributed by atoms with E-state index in [1.54, 1.807) is 0 Å². The minimum absolute atomic E-state index is 0.0981. The van der Waals surface area contributed by atoms with Crippen molar-refractivity contribution in [3.05, 3.63) is 0 Å². The number of aliphatic hydroxyl groups excluding tert-OH is 1. The van der Waals surface area contributed by atoms with Crippen LogP contribution in [-0.4, -0.2) is 96.7 Å². The van der Waals surface area contributed by atoms with Gasteiger partial charge < -0.3 is 33.8 Å². The number of unbranched alkanes of at least 4 members (excludes halogenated alkanes) is 21. The fourth-order valence-corrected chi connectivity index (χ4v) is 8.99. The zero-order chi connectivity index (χ0) is 53.0. The molecule has 2 unspecified atom stereocenters. The van der Waals surface area contributed by atoms with E-state index in [1.165, 1.54) is 44.9 Å². The van der Waals surface area contributed by atoms with E-state index in [0.29, 0.717) is 31.6 Å². The molecule has 0 amide bonds. The molecule has 0 fully saturated rings. The van der Waals surface area contributed by atoms with Gasteiger partial charge in [0, 0.05) is 25.7 Å². The van der Waals surface area contributed by atoms with Gasteiger partial charge in [-0.05, 0) is 37.5 Å². The van der Waals surface area contributed by atoms with E-state index < -0.39 is 97.5 Å². The van der Waals surface area contributed by atoms with E-state index in [2.05, 4.69) is 41.5 Å². The number of carbonyl (C=O) groups excluding carboxylic acids is 4. The number of rotatable bonds is 51. The van der Waals surface area contributed by atoms with Crippen LogP contribution in [0.4, 0.5) is 0 Å². The highest BCUT2D eigenvalue weighted by molar-refractivity contribution is 7.47. The van der Waals surface area contributed by atoms with Crippen molar-refractivity contribution in [2.75, 3.05) is 39.6 Å². The van der Waals surface area contributed by atoms with Gasteiger partial charge in [-0.1, -0.05) is 189 Å². The highest BCUT2D eigenvalue weighted by Crippen LogP contribution is 2.45. The van der Waals surface area contributed by atoms with Gasteiger partial charge in [0.15, 0.2) is 12.2 Å². The smallest absolute Gasteiger partial charge is 0.462 e. The van der Waals surface area contributed by atoms with Crippen molar-refractivity contribution < 1.29 is 80.2 Å². The standard InChI is InChI=1S/C52H100O17P2/c1-7-9-11-20-28-34-49(54)62-40-47(68-51(56)36-30-21-12-10-8-2)42-66-70(58,59)64-38-46(53)39-65-71(60,61)67-43-48(41-63-50(55)35-29-24-19-15-17-23-27-33-45(5)6)69-52(57)37-31-25-18-14-13-16-22-26-32-44(3)4/h44-48,53H,7-43H2,1-6H3,(H,58,59)(H,60,61)/t46-,47+,48+/m0/s1. The first-order valence-electron chi connectivity index (χ1n) is 27.5. The molecule has 19 heteroatoms. The Morgan fingerprint density at radius 1 is 0.380 bits per heavy atom. The number of esters is 4. The summed E-state index contributed by atoms with van der Waals surface area (Å²) in [6.07, 6.45) is 23.4. The number of aliphatic hydroxyl groups is 1. The van der Waals surface area contributed by atoms with Crippen LogP contribution in [-0.2, 0) is 65.4 Å². The van der Waals surface area contributed by atoms with Crippen LogP contribution in [0.2, 0.25) is 0 Å². The fraction of sp³-hybridized carbons (Fsp3) is 0.923. The van der Waals surface area contributed by atoms with Gasteiger partial charge in [0.25, 0.3) is 0 Å². The molecule has 0 aromatic heterocycles. The first-order valence-corrected chi connectivity index (χ1v) is 30.5. The molecule has 0 aliphatic rings. The summed E-state index contributed by atoms with van der Waals surface area (Å²) in [4.78, 5) is 71.1. The number of ether oxygens (including phenoxy) is 4. The summed E-state index contributed by atoms with van der Waals surface area (Å²) in [5.74, 6) is -0.753. The largest absolute Gasteiger partial charge is 0.472 e. The number of hydrogen-bond donors (Lipinski definition) is 3. The van der Waals surface area contributed by atoms with Gasteiger partial charge in [0.2, 0.25) is 0 Å². The van der Waals surface area contributed by atoms with E-state index >= 15 is 0 Å². The van der Waals surface area contributed by atoms with Crippen LogP contribution in [0.3, 0.4) is 0 Å². The average Bonchev–Trinajstić information content (AvgIpc) is 3.31. The zero-order valence-corrected chi connectivity index (χ0v) is 46.8. The molecule has 0 aromatic rings. The Kier molecular flexibility index (Phi) is 44.2. The van der Waals surface area contributed by atoms with Gasteiger partial charge in [0.1, 0.15) is 19.3 Å². The molecule has 0 aromatic carbocycles. The third-order valence-electron chi connectivity index (χ3n) is 11.7. The second-order valence-corrected chi connectivity index (χ2v) is 22.8. The van der Waals surface area contributed by atoms with Crippen molar-refractivity contribution in [1.82, 2.24) is 0 Å². The molecule has 0 saturated heterocycles. The van der Waals surface area contributed by atoms with E-state index in [0.717, 1.165) is 109 Å². The Morgan fingerprint density at radius 2 is 0.648 bits per heavy atom. The van der Waals surface area contributed by atoms with Crippen LogP contribution in [0.5, 0.6) is 0 Å². The Hall–Kier alpha value is -1.94. The quantitative estimate of drug-likeness (QED) is 0.0222. The second-order valence-electron chi connectivity index (χ2n) is 19.9. The molecule has 3 N–H and O–H groups in total. The molecule has 71 heavy (non-hydrogen) atoms. The molecule has 0 rings (SSSR count). The molecule has 5 atom stereocenters. The second kappa shape index (κ2) is 45.5. The third kappa shape index (κ3) is 47.5. The summed E-state index contributed by atoms with van der Waals surface area (Å²) in [5.41, 5.74) is 0. The maximum Gasteiger partial charge on any atom is 0.472 e. The van der Waals surface area contributed by atoms with Gasteiger partial charge in [-0.15, -0.1) is 0 Å². The Bertz CT molecular complexity index is 1430. The molecular formula is C52H100O17P2. The maximum atomic E-state index is 12.8. The van der Waals surface area contributed by atoms with E-state index in [-0.39, 0.29) is 25.7 Å². The number of hydrogen-bond acceptors (Lipinski definition) is 15. The molecule has 17 nitrogen and oxygen atoms in total. The van der Waals surface area contributed by atoms with Crippen LogP contribution < -0.4 is 0 Å².